The maximum atomic E-state index is 15.2. The van der Waals surface area contributed by atoms with Gasteiger partial charge in [0.15, 0.2) is 0 Å². The Balaban J connectivity index is 2.42. The van der Waals surface area contributed by atoms with Crippen LogP contribution in [0.3, 0.4) is 0 Å². The highest BCUT2D eigenvalue weighted by atomic mass is 19.1. The highest BCUT2D eigenvalue weighted by molar-refractivity contribution is 6.02. The van der Waals surface area contributed by atoms with E-state index in [1.807, 2.05) is 32.6 Å². The van der Waals surface area contributed by atoms with Gasteiger partial charge in [-0.3, -0.25) is 0 Å². The van der Waals surface area contributed by atoms with Crippen LogP contribution in [0.25, 0.3) is 4.85 Å². The molecule has 8 heteroatoms. The monoisotopic (exact) mass is 432 g/mol. The second kappa shape index (κ2) is 10.7. The van der Waals surface area contributed by atoms with Crippen molar-refractivity contribution >= 4 is 23.1 Å². The lowest BCUT2D eigenvalue weighted by molar-refractivity contribution is 0.262. The van der Waals surface area contributed by atoms with E-state index in [0.717, 1.165) is 12.1 Å². The van der Waals surface area contributed by atoms with E-state index >= 15 is 4.39 Å². The highest BCUT2D eigenvalue weighted by Gasteiger charge is 2.22. The van der Waals surface area contributed by atoms with Crippen molar-refractivity contribution in [2.75, 3.05) is 28.6 Å². The van der Waals surface area contributed by atoms with Crippen LogP contribution in [-0.2, 0) is 6.54 Å². The number of benzene rings is 2. The largest absolute Gasteiger partial charge is 0.367 e. The van der Waals surface area contributed by atoms with Crippen molar-refractivity contribution in [1.29, 1.82) is 0 Å². The fourth-order valence-corrected chi connectivity index (χ4v) is 3.26. The molecule has 0 radical (unpaired) electrons. The molecule has 0 saturated carbocycles. The molecule has 0 aliphatic heterocycles. The fourth-order valence-electron chi connectivity index (χ4n) is 3.26. The standard InChI is InChI=1S/C23H27F3N4O/c1-14(2)12-30(13-15(3)4)22-19(26)8-16(11-27-5)9-21(22)29-23(31)28-20-7-6-17(24)10-18(20)25/h6-10,14-15H,11-13H2,1-4H3,(H2,28,29,31). The van der Waals surface area contributed by atoms with E-state index in [9.17, 15) is 13.6 Å². The zero-order valence-electron chi connectivity index (χ0n) is 18.1. The summed E-state index contributed by atoms with van der Waals surface area (Å²) in [6.45, 7) is 16.2. The summed E-state index contributed by atoms with van der Waals surface area (Å²) in [6.07, 6.45) is 0. The van der Waals surface area contributed by atoms with E-state index in [4.69, 9.17) is 6.57 Å². The Morgan fingerprint density at radius 1 is 0.968 bits per heavy atom. The summed E-state index contributed by atoms with van der Waals surface area (Å²) in [5.74, 6) is -1.78. The van der Waals surface area contributed by atoms with Crippen LogP contribution in [0.15, 0.2) is 30.3 Å². The molecule has 2 N–H and O–H groups in total. The molecule has 0 bridgehead atoms. The van der Waals surface area contributed by atoms with Crippen LogP contribution in [0.2, 0.25) is 0 Å². The maximum Gasteiger partial charge on any atom is 0.323 e. The van der Waals surface area contributed by atoms with Crippen LogP contribution in [0.5, 0.6) is 0 Å². The average Bonchev–Trinajstić information content (AvgIpc) is 2.63. The third-order valence-corrected chi connectivity index (χ3v) is 4.30. The van der Waals surface area contributed by atoms with Crippen molar-refractivity contribution in [2.45, 2.75) is 34.2 Å². The molecule has 0 heterocycles. The van der Waals surface area contributed by atoms with Gasteiger partial charge in [0.1, 0.15) is 17.5 Å². The lowest BCUT2D eigenvalue weighted by Crippen LogP contribution is -2.33. The Kier molecular flexibility index (Phi) is 8.31. The van der Waals surface area contributed by atoms with Crippen LogP contribution >= 0.6 is 0 Å². The molecular weight excluding hydrogens is 405 g/mol. The number of hydrogen-bond acceptors (Lipinski definition) is 2. The number of rotatable bonds is 8. The Morgan fingerprint density at radius 3 is 2.13 bits per heavy atom. The molecule has 2 aromatic rings. The van der Waals surface area contributed by atoms with Gasteiger partial charge in [-0.05, 0) is 36.1 Å². The molecule has 0 atom stereocenters. The Labute approximate surface area is 181 Å². The highest BCUT2D eigenvalue weighted by Crippen LogP contribution is 2.33. The van der Waals surface area contributed by atoms with Gasteiger partial charge in [0.05, 0.1) is 17.1 Å². The molecule has 0 fully saturated rings. The number of hydrogen-bond donors (Lipinski definition) is 2. The van der Waals surface area contributed by atoms with Crippen molar-refractivity contribution in [1.82, 2.24) is 0 Å². The van der Waals surface area contributed by atoms with Crippen LogP contribution in [-0.4, -0.2) is 19.1 Å². The van der Waals surface area contributed by atoms with E-state index in [0.29, 0.717) is 24.7 Å². The minimum atomic E-state index is -0.926. The number of anilines is 3. The predicted octanol–water partition coefficient (Wildman–Crippen LogP) is 6.29. The molecule has 0 unspecified atom stereocenters. The van der Waals surface area contributed by atoms with E-state index in [1.165, 1.54) is 6.07 Å². The number of amides is 2. The SMILES string of the molecule is [C-]#[N+]Cc1cc(F)c(N(CC(C)C)CC(C)C)c(NC(=O)Nc2ccc(F)cc2F)c1. The number of carbonyl (C=O) groups is 1. The smallest absolute Gasteiger partial charge is 0.323 e. The van der Waals surface area contributed by atoms with Gasteiger partial charge >= 0.3 is 6.03 Å². The first-order valence-corrected chi connectivity index (χ1v) is 10.0. The summed E-state index contributed by atoms with van der Waals surface area (Å²) in [7, 11) is 0. The summed E-state index contributed by atoms with van der Waals surface area (Å²) in [4.78, 5) is 17.7. The van der Waals surface area contributed by atoms with Crippen molar-refractivity contribution in [3.05, 3.63) is 64.8 Å². The van der Waals surface area contributed by atoms with Crippen LogP contribution in [0.1, 0.15) is 33.3 Å². The Bertz CT molecular complexity index is 960. The molecule has 2 rings (SSSR count). The van der Waals surface area contributed by atoms with E-state index in [1.54, 1.807) is 6.07 Å². The maximum absolute atomic E-state index is 15.2. The Morgan fingerprint density at radius 2 is 1.58 bits per heavy atom. The zero-order chi connectivity index (χ0) is 23.1. The number of nitrogens with one attached hydrogen (secondary N) is 2. The zero-order valence-corrected chi connectivity index (χ0v) is 18.1. The average molecular weight is 432 g/mol. The minimum Gasteiger partial charge on any atom is -0.367 e. The Hall–Kier alpha value is -3.21. The summed E-state index contributed by atoms with van der Waals surface area (Å²) < 4.78 is 42.1. The van der Waals surface area contributed by atoms with Crippen molar-refractivity contribution < 1.29 is 18.0 Å². The minimum absolute atomic E-state index is 0.0472. The van der Waals surface area contributed by atoms with Gasteiger partial charge in [0.2, 0.25) is 6.54 Å². The van der Waals surface area contributed by atoms with Crippen LogP contribution in [0.4, 0.5) is 35.0 Å². The molecule has 0 saturated heterocycles. The van der Waals surface area contributed by atoms with Gasteiger partial charge < -0.3 is 20.4 Å². The summed E-state index contributed by atoms with van der Waals surface area (Å²) in [5, 5.41) is 4.88. The third kappa shape index (κ3) is 6.92. The van der Waals surface area contributed by atoms with Gasteiger partial charge in [-0.1, -0.05) is 27.7 Å². The van der Waals surface area contributed by atoms with Gasteiger partial charge in [0.25, 0.3) is 0 Å². The first-order chi connectivity index (χ1) is 14.6. The molecular formula is C23H27F3N4O. The van der Waals surface area contributed by atoms with Crippen molar-refractivity contribution in [2.24, 2.45) is 11.8 Å². The first-order valence-electron chi connectivity index (χ1n) is 10.0. The molecule has 0 aromatic heterocycles. The van der Waals surface area contributed by atoms with E-state index < -0.39 is 23.5 Å². The van der Waals surface area contributed by atoms with Gasteiger partial charge in [-0.15, -0.1) is 0 Å². The molecule has 2 aromatic carbocycles. The van der Waals surface area contributed by atoms with Gasteiger partial charge in [-0.25, -0.2) is 24.5 Å². The van der Waals surface area contributed by atoms with Crippen LogP contribution in [0, 0.1) is 35.9 Å². The second-order valence-corrected chi connectivity index (χ2v) is 8.19. The van der Waals surface area contributed by atoms with E-state index in [-0.39, 0.29) is 35.4 Å². The van der Waals surface area contributed by atoms with Gasteiger partial charge in [0, 0.05) is 24.7 Å². The normalized spacial score (nSPS) is 10.8. The van der Waals surface area contributed by atoms with Crippen molar-refractivity contribution in [3.63, 3.8) is 0 Å². The molecule has 166 valence electrons. The molecule has 31 heavy (non-hydrogen) atoms. The first kappa shape index (κ1) is 24.1. The van der Waals surface area contributed by atoms with Gasteiger partial charge in [-0.2, -0.15) is 0 Å². The number of urea groups is 1. The topological polar surface area (TPSA) is 48.7 Å². The number of halogens is 3. The third-order valence-electron chi connectivity index (χ3n) is 4.30. The molecule has 0 aliphatic rings. The molecule has 0 aliphatic carbocycles. The summed E-state index contributed by atoms with van der Waals surface area (Å²) in [6, 6.07) is 4.82. The van der Waals surface area contributed by atoms with Crippen molar-refractivity contribution in [3.8, 4) is 0 Å². The van der Waals surface area contributed by atoms with E-state index in [2.05, 4.69) is 15.5 Å². The fraction of sp³-hybridized carbons (Fsp3) is 0.391. The summed E-state index contributed by atoms with van der Waals surface area (Å²) in [5.41, 5.74) is 0.596. The second-order valence-electron chi connectivity index (χ2n) is 8.19. The molecule has 0 spiro atoms. The summed E-state index contributed by atoms with van der Waals surface area (Å²) >= 11 is 0. The predicted molar refractivity (Wildman–Crippen MR) is 118 cm³/mol. The lowest BCUT2D eigenvalue weighted by atomic mass is 10.1. The van der Waals surface area contributed by atoms with Crippen LogP contribution < -0.4 is 15.5 Å². The molecule has 2 amide bonds. The number of nitrogens with zero attached hydrogens (tertiary/aromatic N) is 2. The number of carbonyl (C=O) groups excluding carboxylic acids is 1. The lowest BCUT2D eigenvalue weighted by Gasteiger charge is -2.31. The molecule has 5 nitrogen and oxygen atoms in total. The quantitative estimate of drug-likeness (QED) is 0.482.